The minimum absolute atomic E-state index is 0.126. The van der Waals surface area contributed by atoms with Crippen LogP contribution in [0.4, 0.5) is 17.1 Å². The number of hydrogen-bond acceptors (Lipinski definition) is 3. The maximum atomic E-state index is 12.6. The summed E-state index contributed by atoms with van der Waals surface area (Å²) in [5.41, 5.74) is 2.54. The number of rotatable bonds is 4. The molecule has 0 aliphatic rings. The molecule has 27 heavy (non-hydrogen) atoms. The highest BCUT2D eigenvalue weighted by Gasteiger charge is 2.21. The SMILES string of the molecule is CC(=O)Nc1ccc(C)c(NC(=O)c2cccc(NC(=O)C(C)(C)C)c2)c1. The molecule has 0 aromatic heterocycles. The van der Waals surface area contributed by atoms with Crippen LogP contribution in [0, 0.1) is 12.3 Å². The van der Waals surface area contributed by atoms with Gasteiger partial charge in [-0.05, 0) is 42.8 Å². The van der Waals surface area contributed by atoms with Crippen LogP contribution in [0.5, 0.6) is 0 Å². The number of benzene rings is 2. The lowest BCUT2D eigenvalue weighted by atomic mass is 9.95. The van der Waals surface area contributed by atoms with Crippen molar-refractivity contribution in [2.45, 2.75) is 34.6 Å². The van der Waals surface area contributed by atoms with Crippen molar-refractivity contribution in [1.82, 2.24) is 0 Å². The first-order valence-corrected chi connectivity index (χ1v) is 8.67. The Morgan fingerprint density at radius 2 is 1.52 bits per heavy atom. The zero-order chi connectivity index (χ0) is 20.2. The summed E-state index contributed by atoms with van der Waals surface area (Å²) in [6, 6.07) is 12.1. The summed E-state index contributed by atoms with van der Waals surface area (Å²) in [6.45, 7) is 8.76. The second-order valence-corrected chi connectivity index (χ2v) is 7.45. The Labute approximate surface area is 159 Å². The first-order valence-electron chi connectivity index (χ1n) is 8.67. The molecule has 3 N–H and O–H groups in total. The van der Waals surface area contributed by atoms with Gasteiger partial charge in [-0.2, -0.15) is 0 Å². The van der Waals surface area contributed by atoms with Gasteiger partial charge in [0.1, 0.15) is 0 Å². The third-order valence-electron chi connectivity index (χ3n) is 3.87. The fraction of sp³-hybridized carbons (Fsp3) is 0.286. The fourth-order valence-corrected chi connectivity index (χ4v) is 2.29. The van der Waals surface area contributed by atoms with Crippen molar-refractivity contribution < 1.29 is 14.4 Å². The van der Waals surface area contributed by atoms with E-state index in [0.717, 1.165) is 5.56 Å². The monoisotopic (exact) mass is 367 g/mol. The van der Waals surface area contributed by atoms with E-state index in [1.165, 1.54) is 6.92 Å². The molecule has 0 aliphatic heterocycles. The van der Waals surface area contributed by atoms with Crippen molar-refractivity contribution in [1.29, 1.82) is 0 Å². The van der Waals surface area contributed by atoms with E-state index in [-0.39, 0.29) is 17.7 Å². The summed E-state index contributed by atoms with van der Waals surface area (Å²) in [7, 11) is 0. The number of hydrogen-bond donors (Lipinski definition) is 3. The molecule has 6 heteroatoms. The van der Waals surface area contributed by atoms with E-state index in [1.807, 2.05) is 33.8 Å². The van der Waals surface area contributed by atoms with Gasteiger partial charge in [0, 0.05) is 35.0 Å². The molecule has 2 aromatic rings. The number of aryl methyl sites for hydroxylation is 1. The van der Waals surface area contributed by atoms with Gasteiger partial charge in [0.25, 0.3) is 5.91 Å². The predicted octanol–water partition coefficient (Wildman–Crippen LogP) is 4.19. The van der Waals surface area contributed by atoms with Crippen LogP contribution in [0.1, 0.15) is 43.6 Å². The molecule has 0 bridgehead atoms. The highest BCUT2D eigenvalue weighted by atomic mass is 16.2. The van der Waals surface area contributed by atoms with E-state index in [0.29, 0.717) is 22.6 Å². The minimum Gasteiger partial charge on any atom is -0.326 e. The Hall–Kier alpha value is -3.15. The highest BCUT2D eigenvalue weighted by molar-refractivity contribution is 6.06. The van der Waals surface area contributed by atoms with Gasteiger partial charge in [0.2, 0.25) is 11.8 Å². The molecule has 0 saturated heterocycles. The Morgan fingerprint density at radius 3 is 2.15 bits per heavy atom. The quantitative estimate of drug-likeness (QED) is 0.757. The van der Waals surface area contributed by atoms with E-state index < -0.39 is 5.41 Å². The third-order valence-corrected chi connectivity index (χ3v) is 3.87. The van der Waals surface area contributed by atoms with Crippen molar-refractivity contribution in [3.63, 3.8) is 0 Å². The largest absolute Gasteiger partial charge is 0.326 e. The zero-order valence-corrected chi connectivity index (χ0v) is 16.3. The lowest BCUT2D eigenvalue weighted by Gasteiger charge is -2.18. The normalized spacial score (nSPS) is 10.9. The molecular weight excluding hydrogens is 342 g/mol. The standard InChI is InChI=1S/C21H25N3O3/c1-13-9-10-17(22-14(2)25)12-18(13)24-19(26)15-7-6-8-16(11-15)23-20(27)21(3,4)5/h6-12H,1-5H3,(H,22,25)(H,23,27)(H,24,26). The summed E-state index contributed by atoms with van der Waals surface area (Å²) in [4.78, 5) is 36.0. The van der Waals surface area contributed by atoms with Crippen LogP contribution in [-0.2, 0) is 9.59 Å². The summed E-state index contributed by atoms with van der Waals surface area (Å²) in [6.07, 6.45) is 0. The Bertz CT molecular complexity index is 882. The Balaban J connectivity index is 2.18. The lowest BCUT2D eigenvalue weighted by molar-refractivity contribution is -0.123. The van der Waals surface area contributed by atoms with Crippen molar-refractivity contribution in [2.24, 2.45) is 5.41 Å². The molecular formula is C21H25N3O3. The second-order valence-electron chi connectivity index (χ2n) is 7.45. The van der Waals surface area contributed by atoms with E-state index in [4.69, 9.17) is 0 Å². The van der Waals surface area contributed by atoms with Crippen molar-refractivity contribution in [2.75, 3.05) is 16.0 Å². The maximum Gasteiger partial charge on any atom is 0.255 e. The number of carbonyl (C=O) groups excluding carboxylic acids is 3. The van der Waals surface area contributed by atoms with Gasteiger partial charge >= 0.3 is 0 Å². The summed E-state index contributed by atoms with van der Waals surface area (Å²) < 4.78 is 0. The molecule has 0 fully saturated rings. The van der Waals surface area contributed by atoms with Gasteiger partial charge < -0.3 is 16.0 Å². The molecule has 2 aromatic carbocycles. The Morgan fingerprint density at radius 1 is 0.852 bits per heavy atom. The van der Waals surface area contributed by atoms with Gasteiger partial charge in [0.05, 0.1) is 0 Å². The molecule has 0 unspecified atom stereocenters. The van der Waals surface area contributed by atoms with Gasteiger partial charge in [-0.1, -0.05) is 32.9 Å². The van der Waals surface area contributed by atoms with E-state index >= 15 is 0 Å². The molecule has 0 atom stereocenters. The van der Waals surface area contributed by atoms with E-state index in [9.17, 15) is 14.4 Å². The average Bonchev–Trinajstić information content (AvgIpc) is 2.56. The lowest BCUT2D eigenvalue weighted by Crippen LogP contribution is -2.27. The molecule has 6 nitrogen and oxygen atoms in total. The number of carbonyl (C=O) groups is 3. The van der Waals surface area contributed by atoms with E-state index in [1.54, 1.807) is 36.4 Å². The van der Waals surface area contributed by atoms with Gasteiger partial charge in [-0.15, -0.1) is 0 Å². The summed E-state index contributed by atoms with van der Waals surface area (Å²) in [5.74, 6) is -0.609. The summed E-state index contributed by atoms with van der Waals surface area (Å²) >= 11 is 0. The molecule has 0 radical (unpaired) electrons. The minimum atomic E-state index is -0.528. The van der Waals surface area contributed by atoms with Crippen molar-refractivity contribution >= 4 is 34.8 Å². The highest BCUT2D eigenvalue weighted by Crippen LogP contribution is 2.22. The van der Waals surface area contributed by atoms with Crippen molar-refractivity contribution in [3.8, 4) is 0 Å². The zero-order valence-electron chi connectivity index (χ0n) is 16.3. The topological polar surface area (TPSA) is 87.3 Å². The number of anilines is 3. The summed E-state index contributed by atoms with van der Waals surface area (Å²) in [5, 5.41) is 8.36. The maximum absolute atomic E-state index is 12.6. The molecule has 2 rings (SSSR count). The van der Waals surface area contributed by atoms with Crippen LogP contribution in [0.25, 0.3) is 0 Å². The number of amides is 3. The molecule has 0 heterocycles. The third kappa shape index (κ3) is 5.67. The van der Waals surface area contributed by atoms with E-state index in [2.05, 4.69) is 16.0 Å². The van der Waals surface area contributed by atoms with Crippen LogP contribution in [0.15, 0.2) is 42.5 Å². The second kappa shape index (κ2) is 8.03. The van der Waals surface area contributed by atoms with Crippen LogP contribution in [-0.4, -0.2) is 17.7 Å². The molecule has 0 spiro atoms. The smallest absolute Gasteiger partial charge is 0.255 e. The molecule has 0 aliphatic carbocycles. The number of nitrogens with one attached hydrogen (secondary N) is 3. The molecule has 142 valence electrons. The fourth-order valence-electron chi connectivity index (χ4n) is 2.29. The van der Waals surface area contributed by atoms with Crippen LogP contribution >= 0.6 is 0 Å². The molecule has 3 amide bonds. The van der Waals surface area contributed by atoms with Crippen LogP contribution in [0.2, 0.25) is 0 Å². The van der Waals surface area contributed by atoms with Gasteiger partial charge in [0.15, 0.2) is 0 Å². The average molecular weight is 367 g/mol. The van der Waals surface area contributed by atoms with Crippen LogP contribution in [0.3, 0.4) is 0 Å². The van der Waals surface area contributed by atoms with Crippen LogP contribution < -0.4 is 16.0 Å². The predicted molar refractivity (Wildman–Crippen MR) is 108 cm³/mol. The Kier molecular flexibility index (Phi) is 6.00. The van der Waals surface area contributed by atoms with Gasteiger partial charge in [-0.3, -0.25) is 14.4 Å². The first-order chi connectivity index (χ1) is 12.6. The molecule has 0 saturated carbocycles. The first kappa shape index (κ1) is 20.2. The van der Waals surface area contributed by atoms with Gasteiger partial charge in [-0.25, -0.2) is 0 Å². The van der Waals surface area contributed by atoms with Crippen molar-refractivity contribution in [3.05, 3.63) is 53.6 Å².